The predicted molar refractivity (Wildman–Crippen MR) is 197 cm³/mol. The Morgan fingerprint density at radius 2 is 1.53 bits per heavy atom. The van der Waals surface area contributed by atoms with Gasteiger partial charge in [0.1, 0.15) is 24.1 Å². The zero-order valence-electron chi connectivity index (χ0n) is 31.3. The smallest absolute Gasteiger partial charge is 0.336 e. The maximum atomic E-state index is 13.2. The normalized spacial score (nSPS) is 25.7. The first-order valence-corrected chi connectivity index (χ1v) is 18.0. The number of hydrogen-bond donors (Lipinski definition) is 8. The summed E-state index contributed by atoms with van der Waals surface area (Å²) in [4.78, 5) is 51.4. The summed E-state index contributed by atoms with van der Waals surface area (Å²) < 4.78 is 18.6. The van der Waals surface area contributed by atoms with E-state index in [1.165, 1.54) is 19.1 Å². The second kappa shape index (κ2) is 16.9. The molecule has 55 heavy (non-hydrogen) atoms. The van der Waals surface area contributed by atoms with E-state index < -0.39 is 91.2 Å². The fourth-order valence-electron chi connectivity index (χ4n) is 7.17. The van der Waals surface area contributed by atoms with Crippen molar-refractivity contribution in [3.8, 4) is 5.75 Å². The van der Waals surface area contributed by atoms with Crippen molar-refractivity contribution >= 4 is 23.7 Å². The number of rotatable bonds is 13. The van der Waals surface area contributed by atoms with E-state index in [0.29, 0.717) is 28.8 Å². The lowest BCUT2D eigenvalue weighted by Crippen LogP contribution is -2.68. The topological polar surface area (TPSA) is 233 Å². The second-order valence-corrected chi connectivity index (χ2v) is 14.7. The minimum atomic E-state index is -2.23. The van der Waals surface area contributed by atoms with Gasteiger partial charge in [-0.1, -0.05) is 42.5 Å². The lowest BCUT2D eigenvalue weighted by Gasteiger charge is -2.48. The molecule has 0 spiro atoms. The largest absolute Gasteiger partial charge is 0.507 e. The average Bonchev–Trinajstić information content (AvgIpc) is 3.45. The molecule has 3 aromatic rings. The molecule has 8 N–H and O–H groups in total. The van der Waals surface area contributed by atoms with Crippen molar-refractivity contribution in [2.75, 3.05) is 6.54 Å². The molecule has 0 bridgehead atoms. The highest BCUT2D eigenvalue weighted by Crippen LogP contribution is 2.45. The van der Waals surface area contributed by atoms with E-state index in [1.54, 1.807) is 52.0 Å². The minimum Gasteiger partial charge on any atom is -0.507 e. The van der Waals surface area contributed by atoms with E-state index in [9.17, 15) is 44.7 Å². The SMILES string of the molecule is CC(=O)N[C@H]1[C@H]([C@H](O)[C@H](O)CNC(=O)c2cc(C)c(O)c(C)c2)O[C@@](CC2OC(C)(C)O[C@H]2c2cccc(C(=O)NCc3ccccc3)c2)(C(=O)O)C[C@@H]1O. The molecule has 2 aliphatic heterocycles. The molecule has 2 aliphatic rings. The van der Waals surface area contributed by atoms with Crippen LogP contribution in [0.5, 0.6) is 5.75 Å². The standard InChI is InChI=1S/C40H49N3O12/c1-21-14-27(15-22(2)32(21)47)37(50)42-20-29(46)33(48)35-31(43-23(3)44)28(45)17-40(55-35,38(51)52)18-30-34(54-39(4,5)53-30)25-12-9-13-26(16-25)36(49)41-19-24-10-7-6-8-11-24/h6-16,28-31,33-35,45-48H,17-20H2,1-5H3,(H,41,49)(H,42,50)(H,43,44)(H,51,52)/t28-,29+,30?,31+,33+,34-,35+,40-/m0/s1. The van der Waals surface area contributed by atoms with Crippen molar-refractivity contribution in [3.63, 3.8) is 0 Å². The molecule has 296 valence electrons. The van der Waals surface area contributed by atoms with E-state index in [0.717, 1.165) is 5.56 Å². The van der Waals surface area contributed by atoms with Gasteiger partial charge in [0.15, 0.2) is 11.4 Å². The second-order valence-electron chi connectivity index (χ2n) is 14.7. The maximum Gasteiger partial charge on any atom is 0.336 e. The van der Waals surface area contributed by atoms with Gasteiger partial charge < -0.3 is 55.7 Å². The van der Waals surface area contributed by atoms with Gasteiger partial charge in [-0.25, -0.2) is 4.79 Å². The number of benzene rings is 3. The van der Waals surface area contributed by atoms with Crippen LogP contribution in [-0.4, -0.2) is 104 Å². The Morgan fingerprint density at radius 3 is 2.16 bits per heavy atom. The first kappa shape index (κ1) is 41.3. The van der Waals surface area contributed by atoms with Gasteiger partial charge >= 0.3 is 5.97 Å². The fraction of sp³-hybridized carbons (Fsp3) is 0.450. The third kappa shape index (κ3) is 9.68. The molecule has 2 fully saturated rings. The Kier molecular flexibility index (Phi) is 12.6. The number of carbonyl (C=O) groups is 4. The number of aliphatic carboxylic acids is 1. The summed E-state index contributed by atoms with van der Waals surface area (Å²) in [6.45, 7) is 7.48. The average molecular weight is 764 g/mol. The third-order valence-corrected chi connectivity index (χ3v) is 9.87. The summed E-state index contributed by atoms with van der Waals surface area (Å²) in [5.41, 5.74) is 0.621. The molecule has 0 saturated carbocycles. The lowest BCUT2D eigenvalue weighted by atomic mass is 9.79. The molecule has 15 heteroatoms. The highest BCUT2D eigenvalue weighted by molar-refractivity contribution is 5.95. The molecule has 2 saturated heterocycles. The highest BCUT2D eigenvalue weighted by Gasteiger charge is 2.57. The number of aliphatic hydroxyl groups is 3. The number of aryl methyl sites for hydroxylation is 2. The van der Waals surface area contributed by atoms with Gasteiger partial charge in [0.05, 0.1) is 24.4 Å². The molecule has 0 aromatic heterocycles. The van der Waals surface area contributed by atoms with Gasteiger partial charge in [-0.15, -0.1) is 0 Å². The summed E-state index contributed by atoms with van der Waals surface area (Å²) in [5, 5.41) is 62.5. The van der Waals surface area contributed by atoms with Gasteiger partial charge in [-0.2, -0.15) is 0 Å². The van der Waals surface area contributed by atoms with Gasteiger partial charge in [0, 0.05) is 44.0 Å². The van der Waals surface area contributed by atoms with Crippen LogP contribution < -0.4 is 16.0 Å². The van der Waals surface area contributed by atoms with Crippen LogP contribution in [-0.2, 0) is 30.3 Å². The Labute approximate surface area is 318 Å². The van der Waals surface area contributed by atoms with Crippen LogP contribution in [0.2, 0.25) is 0 Å². The van der Waals surface area contributed by atoms with Gasteiger partial charge in [0.25, 0.3) is 11.8 Å². The van der Waals surface area contributed by atoms with Crippen LogP contribution in [0, 0.1) is 13.8 Å². The van der Waals surface area contributed by atoms with Crippen molar-refractivity contribution in [3.05, 3.63) is 100 Å². The number of phenolic OH excluding ortho intramolecular Hbond substituents is 1. The molecule has 2 heterocycles. The number of carboxylic acids is 1. The molecule has 1 unspecified atom stereocenters. The molecule has 0 radical (unpaired) electrons. The quantitative estimate of drug-likeness (QED) is 0.125. The van der Waals surface area contributed by atoms with E-state index in [2.05, 4.69) is 16.0 Å². The lowest BCUT2D eigenvalue weighted by molar-refractivity contribution is -0.236. The Bertz CT molecular complexity index is 1860. The molecule has 8 atom stereocenters. The fourth-order valence-corrected chi connectivity index (χ4v) is 7.17. The van der Waals surface area contributed by atoms with Crippen molar-refractivity contribution in [2.24, 2.45) is 0 Å². The Balaban J connectivity index is 1.37. The third-order valence-electron chi connectivity index (χ3n) is 9.87. The van der Waals surface area contributed by atoms with Crippen molar-refractivity contribution in [2.45, 2.75) is 108 Å². The minimum absolute atomic E-state index is 0.0332. The molecule has 0 aliphatic carbocycles. The highest BCUT2D eigenvalue weighted by atomic mass is 16.8. The number of aromatic hydroxyl groups is 1. The monoisotopic (exact) mass is 763 g/mol. The molecule has 3 aromatic carbocycles. The zero-order chi connectivity index (χ0) is 40.2. The number of nitrogens with one attached hydrogen (secondary N) is 3. The van der Waals surface area contributed by atoms with Crippen molar-refractivity contribution in [1.29, 1.82) is 0 Å². The molecular formula is C40H49N3O12. The predicted octanol–water partition coefficient (Wildman–Crippen LogP) is 2.15. The van der Waals surface area contributed by atoms with Crippen LogP contribution >= 0.6 is 0 Å². The summed E-state index contributed by atoms with van der Waals surface area (Å²) in [5.74, 6) is -4.27. The van der Waals surface area contributed by atoms with Crippen LogP contribution in [0.4, 0.5) is 0 Å². The van der Waals surface area contributed by atoms with Crippen molar-refractivity contribution in [1.82, 2.24) is 16.0 Å². The van der Waals surface area contributed by atoms with Gasteiger partial charge in [0.2, 0.25) is 5.91 Å². The first-order chi connectivity index (χ1) is 25.9. The number of hydrogen-bond acceptors (Lipinski definition) is 11. The summed E-state index contributed by atoms with van der Waals surface area (Å²) in [6, 6.07) is 17.6. The summed E-state index contributed by atoms with van der Waals surface area (Å²) >= 11 is 0. The Morgan fingerprint density at radius 1 is 0.873 bits per heavy atom. The van der Waals surface area contributed by atoms with Crippen LogP contribution in [0.1, 0.15) is 82.7 Å². The summed E-state index contributed by atoms with van der Waals surface area (Å²) in [7, 11) is 0. The molecular weight excluding hydrogens is 714 g/mol. The van der Waals surface area contributed by atoms with E-state index >= 15 is 0 Å². The molecule has 15 nitrogen and oxygen atoms in total. The van der Waals surface area contributed by atoms with E-state index in [4.69, 9.17) is 14.2 Å². The number of carbonyl (C=O) groups excluding carboxylic acids is 3. The maximum absolute atomic E-state index is 13.2. The van der Waals surface area contributed by atoms with Gasteiger partial charge in [-0.3, -0.25) is 14.4 Å². The molecule has 5 rings (SSSR count). The van der Waals surface area contributed by atoms with E-state index in [-0.39, 0.29) is 17.2 Å². The number of phenols is 1. The zero-order valence-corrected chi connectivity index (χ0v) is 31.3. The number of aliphatic hydroxyl groups excluding tert-OH is 3. The summed E-state index contributed by atoms with van der Waals surface area (Å²) in [6.07, 6.45) is -9.82. The Hall–Kier alpha value is -4.90. The van der Waals surface area contributed by atoms with Crippen LogP contribution in [0.25, 0.3) is 0 Å². The van der Waals surface area contributed by atoms with E-state index in [1.807, 2.05) is 30.3 Å². The van der Waals surface area contributed by atoms with Gasteiger partial charge in [-0.05, 0) is 74.2 Å². The molecule has 3 amide bonds. The van der Waals surface area contributed by atoms with Crippen LogP contribution in [0.3, 0.4) is 0 Å². The van der Waals surface area contributed by atoms with Crippen LogP contribution in [0.15, 0.2) is 66.7 Å². The number of carboxylic acid groups (broad SMARTS) is 1. The van der Waals surface area contributed by atoms with Crippen molar-refractivity contribution < 1.29 is 58.9 Å². The first-order valence-electron chi connectivity index (χ1n) is 18.0. The number of amides is 3. The number of ether oxygens (including phenoxy) is 3.